The number of carbonyl (C=O) groups is 1. The summed E-state index contributed by atoms with van der Waals surface area (Å²) in [6, 6.07) is 16.9. The molecule has 0 aliphatic carbocycles. The fraction of sp³-hybridized carbons (Fsp3) is 0.158. The summed E-state index contributed by atoms with van der Waals surface area (Å²) in [5, 5.41) is 9.57. The van der Waals surface area contributed by atoms with Crippen molar-refractivity contribution in [1.29, 1.82) is 0 Å². The monoisotopic (exact) mass is 323 g/mol. The van der Waals surface area contributed by atoms with E-state index in [9.17, 15) is 9.59 Å². The number of fused-ring (bicyclic) bond motifs is 1. The van der Waals surface area contributed by atoms with Crippen molar-refractivity contribution in [2.75, 3.05) is 18.5 Å². The predicted molar refractivity (Wildman–Crippen MR) is 92.9 cm³/mol. The van der Waals surface area contributed by atoms with Gasteiger partial charge in [0.25, 0.3) is 0 Å². The van der Waals surface area contributed by atoms with Gasteiger partial charge < -0.3 is 14.4 Å². The lowest BCUT2D eigenvalue weighted by molar-refractivity contribution is 0.0692. The molecule has 122 valence electrons. The van der Waals surface area contributed by atoms with Crippen LogP contribution in [-0.2, 0) is 6.42 Å². The van der Waals surface area contributed by atoms with Crippen LogP contribution in [0.2, 0.25) is 0 Å². The first-order chi connectivity index (χ1) is 11.5. The number of hydrogen-bond donors (Lipinski definition) is 1. The highest BCUT2D eigenvalue weighted by Crippen LogP contribution is 2.21. The van der Waals surface area contributed by atoms with Crippen molar-refractivity contribution in [3.63, 3.8) is 0 Å². The van der Waals surface area contributed by atoms with Gasteiger partial charge in [0.05, 0.1) is 0 Å². The molecule has 0 bridgehead atoms. The first kappa shape index (κ1) is 15.8. The highest BCUT2D eigenvalue weighted by molar-refractivity contribution is 5.92. The molecule has 2 aromatic carbocycles. The van der Waals surface area contributed by atoms with Crippen LogP contribution >= 0.6 is 0 Å². The minimum absolute atomic E-state index is 0.354. The van der Waals surface area contributed by atoms with Gasteiger partial charge in [-0.05, 0) is 30.2 Å². The molecule has 1 N–H and O–H groups in total. The Balaban J connectivity index is 1.83. The Hall–Kier alpha value is -3.08. The molecular formula is C19H17NO4. The van der Waals surface area contributed by atoms with Gasteiger partial charge in [-0.15, -0.1) is 0 Å². The zero-order valence-electron chi connectivity index (χ0n) is 13.2. The van der Waals surface area contributed by atoms with Gasteiger partial charge in [-0.25, -0.2) is 9.59 Å². The molecule has 0 spiro atoms. The van der Waals surface area contributed by atoms with Crippen molar-refractivity contribution in [2.45, 2.75) is 6.42 Å². The molecule has 0 radical (unpaired) electrons. The number of hydrogen-bond acceptors (Lipinski definition) is 4. The van der Waals surface area contributed by atoms with Crippen molar-refractivity contribution < 1.29 is 14.3 Å². The number of rotatable bonds is 5. The molecule has 1 heterocycles. The average molecular weight is 323 g/mol. The Morgan fingerprint density at radius 3 is 2.58 bits per heavy atom. The Kier molecular flexibility index (Phi) is 4.33. The second-order valence-electron chi connectivity index (χ2n) is 5.63. The summed E-state index contributed by atoms with van der Waals surface area (Å²) in [5.41, 5.74) is 1.35. The van der Waals surface area contributed by atoms with Gasteiger partial charge in [0.1, 0.15) is 11.1 Å². The van der Waals surface area contributed by atoms with Crippen molar-refractivity contribution in [2.24, 2.45) is 0 Å². The van der Waals surface area contributed by atoms with E-state index in [1.165, 1.54) is 11.6 Å². The molecule has 0 aliphatic rings. The van der Waals surface area contributed by atoms with E-state index >= 15 is 0 Å². The van der Waals surface area contributed by atoms with Crippen molar-refractivity contribution in [3.8, 4) is 0 Å². The molecule has 24 heavy (non-hydrogen) atoms. The third-order valence-corrected chi connectivity index (χ3v) is 3.97. The van der Waals surface area contributed by atoms with Crippen molar-refractivity contribution >= 4 is 22.6 Å². The summed E-state index contributed by atoms with van der Waals surface area (Å²) in [4.78, 5) is 24.8. The summed E-state index contributed by atoms with van der Waals surface area (Å²) >= 11 is 0. The summed E-state index contributed by atoms with van der Waals surface area (Å²) in [6.07, 6.45) is 0.900. The summed E-state index contributed by atoms with van der Waals surface area (Å²) < 4.78 is 5.14. The minimum Gasteiger partial charge on any atom is -0.477 e. The van der Waals surface area contributed by atoms with Crippen LogP contribution in [0.25, 0.3) is 11.0 Å². The Labute approximate surface area is 138 Å². The molecule has 1 aromatic heterocycles. The molecule has 0 amide bonds. The van der Waals surface area contributed by atoms with E-state index in [4.69, 9.17) is 9.52 Å². The van der Waals surface area contributed by atoms with Crippen LogP contribution in [0.15, 0.2) is 63.8 Å². The number of likely N-dealkylation sites (N-methyl/N-ethyl adjacent to an activating group) is 1. The fourth-order valence-corrected chi connectivity index (χ4v) is 2.56. The molecule has 5 nitrogen and oxygen atoms in total. The normalized spacial score (nSPS) is 10.7. The summed E-state index contributed by atoms with van der Waals surface area (Å²) in [7, 11) is 1.97. The zero-order chi connectivity index (χ0) is 17.1. The van der Waals surface area contributed by atoms with Crippen LogP contribution < -0.4 is 10.5 Å². The molecule has 5 heteroatoms. The van der Waals surface area contributed by atoms with Gasteiger partial charge in [0.2, 0.25) is 0 Å². The van der Waals surface area contributed by atoms with E-state index in [0.29, 0.717) is 11.0 Å². The Morgan fingerprint density at radius 2 is 1.88 bits per heavy atom. The number of anilines is 1. The Bertz CT molecular complexity index is 931. The number of benzene rings is 2. The molecular weight excluding hydrogens is 306 g/mol. The lowest BCUT2D eigenvalue weighted by atomic mass is 10.1. The van der Waals surface area contributed by atoms with E-state index in [0.717, 1.165) is 18.7 Å². The molecule has 3 aromatic rings. The number of nitrogens with zero attached hydrogens (tertiary/aromatic N) is 1. The third-order valence-electron chi connectivity index (χ3n) is 3.97. The second-order valence-corrected chi connectivity index (χ2v) is 5.63. The van der Waals surface area contributed by atoms with Crippen LogP contribution in [0.5, 0.6) is 0 Å². The lowest BCUT2D eigenvalue weighted by Gasteiger charge is -2.19. The maximum Gasteiger partial charge on any atom is 0.351 e. The van der Waals surface area contributed by atoms with E-state index in [2.05, 4.69) is 17.0 Å². The summed E-state index contributed by atoms with van der Waals surface area (Å²) in [6.45, 7) is 0.812. The predicted octanol–water partition coefficient (Wildman–Crippen LogP) is 3.17. The average Bonchev–Trinajstić information content (AvgIpc) is 2.59. The number of carboxylic acids is 1. The first-order valence-corrected chi connectivity index (χ1v) is 7.61. The van der Waals surface area contributed by atoms with Crippen molar-refractivity contribution in [1.82, 2.24) is 0 Å². The van der Waals surface area contributed by atoms with Gasteiger partial charge in [-0.1, -0.05) is 30.3 Å². The van der Waals surface area contributed by atoms with Gasteiger partial charge in [-0.2, -0.15) is 0 Å². The highest BCUT2D eigenvalue weighted by Gasteiger charge is 2.13. The van der Waals surface area contributed by atoms with E-state index in [1.807, 2.05) is 31.3 Å². The largest absolute Gasteiger partial charge is 0.477 e. The molecule has 0 atom stereocenters. The number of carboxylic acid groups (broad SMARTS) is 1. The van der Waals surface area contributed by atoms with Crippen LogP contribution in [0.3, 0.4) is 0 Å². The molecule has 0 fully saturated rings. The third kappa shape index (κ3) is 3.30. The lowest BCUT2D eigenvalue weighted by Crippen LogP contribution is -2.20. The Morgan fingerprint density at radius 1 is 1.12 bits per heavy atom. The summed E-state index contributed by atoms with van der Waals surface area (Å²) in [5.74, 6) is -1.28. The topological polar surface area (TPSA) is 70.8 Å². The quantitative estimate of drug-likeness (QED) is 0.730. The second kappa shape index (κ2) is 6.58. The molecule has 0 aliphatic heterocycles. The number of aromatic carboxylic acids is 1. The van der Waals surface area contributed by atoms with Crippen LogP contribution in [-0.4, -0.2) is 24.7 Å². The van der Waals surface area contributed by atoms with E-state index in [-0.39, 0.29) is 5.56 Å². The molecule has 0 unspecified atom stereocenters. The highest BCUT2D eigenvalue weighted by atomic mass is 16.4. The van der Waals surface area contributed by atoms with Gasteiger partial charge in [0, 0.05) is 30.7 Å². The van der Waals surface area contributed by atoms with Gasteiger partial charge in [0.15, 0.2) is 0 Å². The van der Waals surface area contributed by atoms with Gasteiger partial charge >= 0.3 is 11.6 Å². The first-order valence-electron chi connectivity index (χ1n) is 7.61. The molecule has 3 rings (SSSR count). The zero-order valence-corrected chi connectivity index (χ0v) is 13.2. The van der Waals surface area contributed by atoms with Crippen LogP contribution in [0.1, 0.15) is 15.9 Å². The molecule has 0 saturated carbocycles. The van der Waals surface area contributed by atoms with E-state index < -0.39 is 11.6 Å². The SMILES string of the molecule is CN(CCc1ccccc1)c1ccc2cc(C(=O)O)c(=O)oc2c1. The van der Waals surface area contributed by atoms with Crippen molar-refractivity contribution in [3.05, 3.63) is 76.1 Å². The van der Waals surface area contributed by atoms with Crippen LogP contribution in [0, 0.1) is 0 Å². The maximum absolute atomic E-state index is 11.7. The standard InChI is InChI=1S/C19H17NO4/c1-20(10-9-13-5-3-2-4-6-13)15-8-7-14-11-16(18(21)22)19(23)24-17(14)12-15/h2-8,11-12H,9-10H2,1H3,(H,21,22). The maximum atomic E-state index is 11.7. The molecule has 0 saturated heterocycles. The fourth-order valence-electron chi connectivity index (χ4n) is 2.56. The smallest absolute Gasteiger partial charge is 0.351 e. The van der Waals surface area contributed by atoms with E-state index in [1.54, 1.807) is 12.1 Å². The minimum atomic E-state index is -1.28. The van der Waals surface area contributed by atoms with Crippen LogP contribution in [0.4, 0.5) is 5.69 Å². The van der Waals surface area contributed by atoms with Gasteiger partial charge in [-0.3, -0.25) is 0 Å².